The lowest BCUT2D eigenvalue weighted by Gasteiger charge is -2.21. The summed E-state index contributed by atoms with van der Waals surface area (Å²) in [6, 6.07) is 17.8. The second kappa shape index (κ2) is 10.3. The Hall–Kier alpha value is -2.83. The Balaban J connectivity index is 1.72. The van der Waals surface area contributed by atoms with Gasteiger partial charge >= 0.3 is 5.97 Å². The molecule has 0 bridgehead atoms. The lowest BCUT2D eigenvalue weighted by Crippen LogP contribution is -2.32. The van der Waals surface area contributed by atoms with Crippen molar-refractivity contribution < 1.29 is 14.3 Å². The highest BCUT2D eigenvalue weighted by Crippen LogP contribution is 2.27. The Labute approximate surface area is 185 Å². The SMILES string of the molecule is CCN(C(=O)CSc1ncccc1C(=O)Oc1ccccc1Cl)c1cccc(C)c1. The first kappa shape index (κ1) is 21.9. The van der Waals surface area contributed by atoms with Crippen LogP contribution in [0.4, 0.5) is 5.69 Å². The molecular weight excluding hydrogens is 420 g/mol. The highest BCUT2D eigenvalue weighted by atomic mass is 35.5. The Morgan fingerprint density at radius 2 is 1.90 bits per heavy atom. The van der Waals surface area contributed by atoms with Gasteiger partial charge in [-0.2, -0.15) is 0 Å². The van der Waals surface area contributed by atoms with Crippen molar-refractivity contribution >= 4 is 40.9 Å². The number of halogens is 1. The molecular formula is C23H21ClN2O3S. The molecule has 7 heteroatoms. The van der Waals surface area contributed by atoms with Crippen LogP contribution in [0.25, 0.3) is 0 Å². The van der Waals surface area contributed by atoms with Crippen LogP contribution in [-0.4, -0.2) is 29.2 Å². The molecule has 0 aliphatic carbocycles. The summed E-state index contributed by atoms with van der Waals surface area (Å²) in [5.41, 5.74) is 2.22. The third-order valence-corrected chi connectivity index (χ3v) is 5.60. The maximum Gasteiger partial charge on any atom is 0.346 e. The molecule has 0 N–H and O–H groups in total. The molecule has 1 aromatic heterocycles. The topological polar surface area (TPSA) is 59.5 Å². The van der Waals surface area contributed by atoms with Crippen molar-refractivity contribution in [2.24, 2.45) is 0 Å². The van der Waals surface area contributed by atoms with E-state index in [1.165, 1.54) is 11.8 Å². The molecule has 0 fully saturated rings. The Bertz CT molecular complexity index is 1060. The number of benzene rings is 2. The van der Waals surface area contributed by atoms with Crippen molar-refractivity contribution in [3.8, 4) is 5.75 Å². The second-order valence-electron chi connectivity index (χ2n) is 6.44. The van der Waals surface area contributed by atoms with Crippen molar-refractivity contribution in [1.29, 1.82) is 0 Å². The predicted molar refractivity (Wildman–Crippen MR) is 121 cm³/mol. The number of aromatic nitrogens is 1. The number of esters is 1. The zero-order chi connectivity index (χ0) is 21.5. The average Bonchev–Trinajstić information content (AvgIpc) is 2.74. The van der Waals surface area contributed by atoms with E-state index < -0.39 is 5.97 Å². The van der Waals surface area contributed by atoms with E-state index in [0.717, 1.165) is 11.3 Å². The van der Waals surface area contributed by atoms with Gasteiger partial charge in [-0.15, -0.1) is 0 Å². The quantitative estimate of drug-likeness (QED) is 0.279. The molecule has 3 rings (SSSR count). The van der Waals surface area contributed by atoms with Gasteiger partial charge in [-0.1, -0.05) is 47.6 Å². The minimum absolute atomic E-state index is 0.0656. The molecule has 3 aromatic rings. The maximum absolute atomic E-state index is 12.8. The molecule has 1 heterocycles. The van der Waals surface area contributed by atoms with Crippen molar-refractivity contribution in [3.05, 3.63) is 83.0 Å². The zero-order valence-electron chi connectivity index (χ0n) is 16.7. The Kier molecular flexibility index (Phi) is 7.49. The van der Waals surface area contributed by atoms with E-state index in [0.29, 0.717) is 16.6 Å². The lowest BCUT2D eigenvalue weighted by atomic mass is 10.2. The van der Waals surface area contributed by atoms with Crippen LogP contribution in [0.3, 0.4) is 0 Å². The van der Waals surface area contributed by atoms with Gasteiger partial charge < -0.3 is 9.64 Å². The van der Waals surface area contributed by atoms with Crippen molar-refractivity contribution in [2.75, 3.05) is 17.2 Å². The molecule has 5 nitrogen and oxygen atoms in total. The number of thioether (sulfide) groups is 1. The number of nitrogens with zero attached hydrogens (tertiary/aromatic N) is 2. The first-order chi connectivity index (χ1) is 14.5. The molecule has 0 saturated heterocycles. The summed E-state index contributed by atoms with van der Waals surface area (Å²) in [6.07, 6.45) is 1.58. The summed E-state index contributed by atoms with van der Waals surface area (Å²) in [4.78, 5) is 31.5. The van der Waals surface area contributed by atoms with E-state index in [9.17, 15) is 9.59 Å². The summed E-state index contributed by atoms with van der Waals surface area (Å²) in [5.74, 6) is -0.219. The van der Waals surface area contributed by atoms with Crippen molar-refractivity contribution in [2.45, 2.75) is 18.9 Å². The van der Waals surface area contributed by atoms with E-state index >= 15 is 0 Å². The number of aryl methyl sites for hydroxylation is 1. The molecule has 154 valence electrons. The number of para-hydroxylation sites is 1. The highest BCUT2D eigenvalue weighted by molar-refractivity contribution is 8.00. The molecule has 0 radical (unpaired) electrons. The summed E-state index contributed by atoms with van der Waals surface area (Å²) in [5, 5.41) is 0.777. The van der Waals surface area contributed by atoms with Crippen molar-refractivity contribution in [1.82, 2.24) is 4.98 Å². The molecule has 0 atom stereocenters. The fraction of sp³-hybridized carbons (Fsp3) is 0.174. The number of amides is 1. The molecule has 0 saturated carbocycles. The second-order valence-corrected chi connectivity index (χ2v) is 7.81. The van der Waals surface area contributed by atoms with Gasteiger partial charge in [0, 0.05) is 18.4 Å². The van der Waals surface area contributed by atoms with Gasteiger partial charge in [0.15, 0.2) is 0 Å². The van der Waals surface area contributed by atoms with Gasteiger partial charge in [0.05, 0.1) is 16.3 Å². The number of carbonyl (C=O) groups is 2. The van der Waals surface area contributed by atoms with Crippen LogP contribution in [0.5, 0.6) is 5.75 Å². The van der Waals surface area contributed by atoms with Crippen molar-refractivity contribution in [3.63, 3.8) is 0 Å². The van der Waals surface area contributed by atoms with E-state index in [1.807, 2.05) is 38.1 Å². The first-order valence-electron chi connectivity index (χ1n) is 9.41. The van der Waals surface area contributed by atoms with E-state index in [4.69, 9.17) is 16.3 Å². The van der Waals surface area contributed by atoms with E-state index in [-0.39, 0.29) is 23.0 Å². The fourth-order valence-electron chi connectivity index (χ4n) is 2.85. The molecule has 30 heavy (non-hydrogen) atoms. The van der Waals surface area contributed by atoms with E-state index in [2.05, 4.69) is 4.98 Å². The van der Waals surface area contributed by atoms with Crippen LogP contribution in [0.15, 0.2) is 71.9 Å². The average molecular weight is 441 g/mol. The van der Waals surface area contributed by atoms with Gasteiger partial charge in [0.1, 0.15) is 10.8 Å². The normalized spacial score (nSPS) is 10.5. The van der Waals surface area contributed by atoms with Crippen LogP contribution in [0.1, 0.15) is 22.8 Å². The molecule has 1 amide bonds. The number of hydrogen-bond donors (Lipinski definition) is 0. The largest absolute Gasteiger partial charge is 0.421 e. The highest BCUT2D eigenvalue weighted by Gasteiger charge is 2.19. The minimum Gasteiger partial charge on any atom is -0.421 e. The van der Waals surface area contributed by atoms with Gasteiger partial charge in [-0.3, -0.25) is 4.79 Å². The van der Waals surface area contributed by atoms with Crippen LogP contribution in [0.2, 0.25) is 5.02 Å². The summed E-state index contributed by atoms with van der Waals surface area (Å²) < 4.78 is 5.41. The van der Waals surface area contributed by atoms with Crippen LogP contribution in [0, 0.1) is 6.92 Å². The molecule has 0 aliphatic rings. The van der Waals surface area contributed by atoms with Crippen LogP contribution < -0.4 is 9.64 Å². The Morgan fingerprint density at radius 3 is 2.63 bits per heavy atom. The van der Waals surface area contributed by atoms with Crippen LogP contribution in [-0.2, 0) is 4.79 Å². The Morgan fingerprint density at radius 1 is 1.10 bits per heavy atom. The zero-order valence-corrected chi connectivity index (χ0v) is 18.2. The fourth-order valence-corrected chi connectivity index (χ4v) is 3.88. The number of pyridine rings is 1. The summed E-state index contributed by atoms with van der Waals surface area (Å²) in [6.45, 7) is 4.46. The number of carbonyl (C=O) groups excluding carboxylic acids is 2. The van der Waals surface area contributed by atoms with Gasteiger partial charge in [-0.25, -0.2) is 9.78 Å². The predicted octanol–water partition coefficient (Wildman–Crippen LogP) is 5.41. The summed E-state index contributed by atoms with van der Waals surface area (Å²) in [7, 11) is 0. The number of anilines is 1. The van der Waals surface area contributed by atoms with Crippen LogP contribution >= 0.6 is 23.4 Å². The maximum atomic E-state index is 12.8. The number of hydrogen-bond acceptors (Lipinski definition) is 5. The van der Waals surface area contributed by atoms with Gasteiger partial charge in [0.25, 0.3) is 0 Å². The number of rotatable bonds is 7. The van der Waals surface area contributed by atoms with E-state index in [1.54, 1.807) is 47.5 Å². The minimum atomic E-state index is -0.572. The van der Waals surface area contributed by atoms with Gasteiger partial charge in [0.2, 0.25) is 5.91 Å². The first-order valence-corrected chi connectivity index (χ1v) is 10.8. The van der Waals surface area contributed by atoms with Gasteiger partial charge in [-0.05, 0) is 55.8 Å². The molecule has 0 aliphatic heterocycles. The molecule has 0 unspecified atom stereocenters. The third kappa shape index (κ3) is 5.40. The smallest absolute Gasteiger partial charge is 0.346 e. The molecule has 0 spiro atoms. The summed E-state index contributed by atoms with van der Waals surface area (Å²) >= 11 is 7.27. The number of ether oxygens (including phenoxy) is 1. The molecule has 2 aromatic carbocycles. The lowest BCUT2D eigenvalue weighted by molar-refractivity contribution is -0.116. The monoisotopic (exact) mass is 440 g/mol. The third-order valence-electron chi connectivity index (χ3n) is 4.29. The standard InChI is InChI=1S/C23H21ClN2O3S/c1-3-26(17-9-6-8-16(2)14-17)21(27)15-30-22-18(10-7-13-25-22)23(28)29-20-12-5-4-11-19(20)24/h4-14H,3,15H2,1-2H3.